The zero-order valence-corrected chi connectivity index (χ0v) is 8.41. The molecular weight excluding hydrogens is 153 g/mol. The maximum atomic E-state index is 11.9. The summed E-state index contributed by atoms with van der Waals surface area (Å²) in [5.41, 5.74) is 0. The van der Waals surface area contributed by atoms with E-state index in [1.165, 1.54) is 32.1 Å². The van der Waals surface area contributed by atoms with E-state index in [1.807, 2.05) is 0 Å². The lowest BCUT2D eigenvalue weighted by Crippen LogP contribution is -2.30. The summed E-state index contributed by atoms with van der Waals surface area (Å²) in [4.78, 5) is 0. The minimum atomic E-state index is -0.244. The Kier molecular flexibility index (Phi) is 8.90. The van der Waals surface area contributed by atoms with E-state index in [1.54, 1.807) is 0 Å². The smallest absolute Gasteiger partial charge is 0.102 e. The number of alkyl halides is 1. The van der Waals surface area contributed by atoms with Gasteiger partial charge in [0.25, 0.3) is 0 Å². The highest BCUT2D eigenvalue weighted by molar-refractivity contribution is 4.65. The van der Waals surface area contributed by atoms with Gasteiger partial charge in [0.05, 0.1) is 0 Å². The molecule has 0 aliphatic heterocycles. The van der Waals surface area contributed by atoms with Crippen molar-refractivity contribution >= 4 is 0 Å². The summed E-state index contributed by atoms with van der Waals surface area (Å²) in [7, 11) is 0. The Bertz CT molecular complexity index is 77.9. The van der Waals surface area contributed by atoms with Crippen LogP contribution in [0.25, 0.3) is 0 Å². The zero-order valence-electron chi connectivity index (χ0n) is 8.41. The van der Waals surface area contributed by atoms with Crippen molar-refractivity contribution in [3.63, 3.8) is 0 Å². The van der Waals surface area contributed by atoms with Crippen LogP contribution in [-0.4, -0.2) is 19.3 Å². The highest BCUT2D eigenvalue weighted by Gasteiger charge is 2.04. The summed E-state index contributed by atoms with van der Waals surface area (Å²) in [5, 5.41) is 3.23. The van der Waals surface area contributed by atoms with Crippen LogP contribution in [0.5, 0.6) is 0 Å². The van der Waals surface area contributed by atoms with E-state index < -0.39 is 0 Å². The fourth-order valence-corrected chi connectivity index (χ4v) is 1.41. The lowest BCUT2D eigenvalue weighted by atomic mass is 10.1. The van der Waals surface area contributed by atoms with Gasteiger partial charge in [-0.3, -0.25) is 0 Å². The lowest BCUT2D eigenvalue weighted by molar-refractivity contribution is 0.394. The van der Waals surface area contributed by atoms with Crippen molar-refractivity contribution in [3.8, 4) is 0 Å². The maximum absolute atomic E-state index is 11.9. The Labute approximate surface area is 75.7 Å². The van der Waals surface area contributed by atoms with Gasteiger partial charge in [-0.05, 0) is 12.8 Å². The average Bonchev–Trinajstić information content (AvgIpc) is 2.10. The normalized spacial score (nSPS) is 13.2. The van der Waals surface area contributed by atoms with E-state index in [0.717, 1.165) is 0 Å². The largest absolute Gasteiger partial charge is 0.311 e. The molecule has 0 aliphatic rings. The molecule has 0 heterocycles. The Morgan fingerprint density at radius 3 is 2.42 bits per heavy atom. The lowest BCUT2D eigenvalue weighted by Gasteiger charge is -2.16. The van der Waals surface area contributed by atoms with Crippen molar-refractivity contribution in [2.45, 2.75) is 52.0 Å². The highest BCUT2D eigenvalue weighted by Crippen LogP contribution is 2.06. The third kappa shape index (κ3) is 6.59. The van der Waals surface area contributed by atoms with Gasteiger partial charge < -0.3 is 5.32 Å². The molecule has 0 bridgehead atoms. The van der Waals surface area contributed by atoms with Crippen molar-refractivity contribution in [1.29, 1.82) is 0 Å². The number of rotatable bonds is 8. The Morgan fingerprint density at radius 2 is 1.92 bits per heavy atom. The van der Waals surface area contributed by atoms with Gasteiger partial charge in [-0.15, -0.1) is 0 Å². The molecule has 2 heteroatoms. The molecule has 0 aromatic carbocycles. The molecule has 0 fully saturated rings. The Hall–Kier alpha value is -0.110. The van der Waals surface area contributed by atoms with Crippen molar-refractivity contribution in [2.75, 3.05) is 13.2 Å². The summed E-state index contributed by atoms with van der Waals surface area (Å²) >= 11 is 0. The standard InChI is InChI=1S/C10H22FN/c1-3-5-7-10(6-4-2)12-9-8-11/h10,12H,3-9H2,1-2H3. The van der Waals surface area contributed by atoms with Gasteiger partial charge >= 0.3 is 0 Å². The third-order valence-electron chi connectivity index (χ3n) is 2.07. The van der Waals surface area contributed by atoms with Crippen LogP contribution >= 0.6 is 0 Å². The molecule has 1 N–H and O–H groups in total. The predicted molar refractivity (Wildman–Crippen MR) is 52.2 cm³/mol. The first-order chi connectivity index (χ1) is 5.85. The van der Waals surface area contributed by atoms with E-state index in [0.29, 0.717) is 12.6 Å². The third-order valence-corrected chi connectivity index (χ3v) is 2.07. The van der Waals surface area contributed by atoms with Crippen LogP contribution in [0.1, 0.15) is 46.0 Å². The van der Waals surface area contributed by atoms with Crippen molar-refractivity contribution < 1.29 is 4.39 Å². The first-order valence-electron chi connectivity index (χ1n) is 5.14. The fraction of sp³-hybridized carbons (Fsp3) is 1.00. The van der Waals surface area contributed by atoms with Gasteiger partial charge in [-0.2, -0.15) is 0 Å². The first kappa shape index (κ1) is 11.9. The average molecular weight is 175 g/mol. The van der Waals surface area contributed by atoms with Crippen LogP contribution < -0.4 is 5.32 Å². The maximum Gasteiger partial charge on any atom is 0.102 e. The van der Waals surface area contributed by atoms with Crippen molar-refractivity contribution in [3.05, 3.63) is 0 Å². The van der Waals surface area contributed by atoms with Gasteiger partial charge in [0.1, 0.15) is 6.67 Å². The van der Waals surface area contributed by atoms with Crippen LogP contribution in [0.4, 0.5) is 4.39 Å². The van der Waals surface area contributed by atoms with Gasteiger partial charge in [0.2, 0.25) is 0 Å². The summed E-state index contributed by atoms with van der Waals surface area (Å²) in [6.45, 7) is 4.65. The number of hydrogen-bond donors (Lipinski definition) is 1. The summed E-state index contributed by atoms with van der Waals surface area (Å²) in [6.07, 6.45) is 6.06. The molecule has 0 radical (unpaired) electrons. The molecule has 0 saturated heterocycles. The first-order valence-corrected chi connectivity index (χ1v) is 5.14. The molecule has 0 amide bonds. The Balaban J connectivity index is 3.40. The Morgan fingerprint density at radius 1 is 1.17 bits per heavy atom. The molecule has 1 unspecified atom stereocenters. The molecular formula is C10H22FN. The summed E-state index contributed by atoms with van der Waals surface area (Å²) in [6, 6.07) is 0.547. The molecule has 0 rings (SSSR count). The number of halogens is 1. The summed E-state index contributed by atoms with van der Waals surface area (Å²) in [5.74, 6) is 0. The molecule has 0 aliphatic carbocycles. The monoisotopic (exact) mass is 175 g/mol. The predicted octanol–water partition coefficient (Wildman–Crippen LogP) is 2.90. The zero-order chi connectivity index (χ0) is 9.23. The molecule has 0 aromatic rings. The van der Waals surface area contributed by atoms with E-state index in [4.69, 9.17) is 0 Å². The minimum Gasteiger partial charge on any atom is -0.311 e. The van der Waals surface area contributed by atoms with Gasteiger partial charge in [-0.25, -0.2) is 4.39 Å². The quantitative estimate of drug-likeness (QED) is 0.598. The van der Waals surface area contributed by atoms with E-state index >= 15 is 0 Å². The van der Waals surface area contributed by atoms with Gasteiger partial charge in [0, 0.05) is 12.6 Å². The number of hydrogen-bond acceptors (Lipinski definition) is 1. The van der Waals surface area contributed by atoms with Gasteiger partial charge in [-0.1, -0.05) is 33.1 Å². The number of nitrogens with one attached hydrogen (secondary N) is 1. The molecule has 12 heavy (non-hydrogen) atoms. The SMILES string of the molecule is CCCCC(CCC)NCCF. The second-order valence-electron chi connectivity index (χ2n) is 3.27. The minimum absolute atomic E-state index is 0.244. The second-order valence-corrected chi connectivity index (χ2v) is 3.27. The van der Waals surface area contributed by atoms with E-state index in [9.17, 15) is 4.39 Å². The molecule has 1 atom stereocenters. The second kappa shape index (κ2) is 8.98. The molecule has 0 aromatic heterocycles. The van der Waals surface area contributed by atoms with Crippen molar-refractivity contribution in [2.24, 2.45) is 0 Å². The molecule has 0 spiro atoms. The van der Waals surface area contributed by atoms with E-state index in [-0.39, 0.29) is 6.67 Å². The molecule has 0 saturated carbocycles. The van der Waals surface area contributed by atoms with Crippen LogP contribution in [0, 0.1) is 0 Å². The molecule has 74 valence electrons. The van der Waals surface area contributed by atoms with Gasteiger partial charge in [0.15, 0.2) is 0 Å². The highest BCUT2D eigenvalue weighted by atomic mass is 19.1. The fourth-order valence-electron chi connectivity index (χ4n) is 1.41. The van der Waals surface area contributed by atoms with Crippen LogP contribution in [-0.2, 0) is 0 Å². The topological polar surface area (TPSA) is 12.0 Å². The summed E-state index contributed by atoms with van der Waals surface area (Å²) < 4.78 is 11.9. The van der Waals surface area contributed by atoms with Crippen LogP contribution in [0.15, 0.2) is 0 Å². The van der Waals surface area contributed by atoms with Crippen molar-refractivity contribution in [1.82, 2.24) is 5.32 Å². The van der Waals surface area contributed by atoms with E-state index in [2.05, 4.69) is 19.2 Å². The molecule has 1 nitrogen and oxygen atoms in total. The van der Waals surface area contributed by atoms with Crippen LogP contribution in [0.3, 0.4) is 0 Å². The van der Waals surface area contributed by atoms with Crippen LogP contribution in [0.2, 0.25) is 0 Å². The number of unbranched alkanes of at least 4 members (excludes halogenated alkanes) is 1.